The van der Waals surface area contributed by atoms with Gasteiger partial charge in [-0.1, -0.05) is 23.8 Å². The van der Waals surface area contributed by atoms with E-state index in [1.165, 1.54) is 21.8 Å². The van der Waals surface area contributed by atoms with Crippen molar-refractivity contribution in [2.45, 2.75) is 20.5 Å². The SMILES string of the molecule is Cc1ccc(C(=O)Nc2cccc(C(=O)OCc3cc(=O)n4c(C)csc4n3)c2)cc1. The summed E-state index contributed by atoms with van der Waals surface area (Å²) in [4.78, 5) is 42.0. The van der Waals surface area contributed by atoms with Crippen molar-refractivity contribution in [2.75, 3.05) is 5.32 Å². The lowest BCUT2D eigenvalue weighted by molar-refractivity contribution is 0.0467. The smallest absolute Gasteiger partial charge is 0.338 e. The molecule has 0 fully saturated rings. The molecule has 8 heteroatoms. The maximum Gasteiger partial charge on any atom is 0.338 e. The second-order valence-corrected chi connectivity index (χ2v) is 7.89. The molecule has 31 heavy (non-hydrogen) atoms. The summed E-state index contributed by atoms with van der Waals surface area (Å²) in [7, 11) is 0. The number of esters is 1. The Bertz CT molecular complexity index is 1340. The number of amides is 1. The maximum absolute atomic E-state index is 12.5. The van der Waals surface area contributed by atoms with Crippen molar-refractivity contribution < 1.29 is 14.3 Å². The van der Waals surface area contributed by atoms with Crippen LogP contribution in [-0.4, -0.2) is 21.3 Å². The molecule has 0 aliphatic heterocycles. The van der Waals surface area contributed by atoms with Gasteiger partial charge < -0.3 is 10.1 Å². The molecular weight excluding hydrogens is 414 g/mol. The van der Waals surface area contributed by atoms with Crippen LogP contribution < -0.4 is 10.9 Å². The Morgan fingerprint density at radius 3 is 2.61 bits per heavy atom. The normalized spacial score (nSPS) is 10.8. The van der Waals surface area contributed by atoms with Crippen molar-refractivity contribution in [1.29, 1.82) is 0 Å². The number of aryl methyl sites for hydroxylation is 2. The zero-order valence-electron chi connectivity index (χ0n) is 16.9. The second-order valence-electron chi connectivity index (χ2n) is 7.06. The Morgan fingerprint density at radius 1 is 1.06 bits per heavy atom. The Hall–Kier alpha value is -3.78. The number of carbonyl (C=O) groups is 2. The van der Waals surface area contributed by atoms with Crippen LogP contribution in [0.5, 0.6) is 0 Å². The first-order valence-corrected chi connectivity index (χ1v) is 10.4. The van der Waals surface area contributed by atoms with E-state index < -0.39 is 5.97 Å². The van der Waals surface area contributed by atoms with Gasteiger partial charge >= 0.3 is 5.97 Å². The number of fused-ring (bicyclic) bond motifs is 1. The van der Waals surface area contributed by atoms with Crippen LogP contribution in [0, 0.1) is 13.8 Å². The third-order valence-electron chi connectivity index (χ3n) is 4.65. The van der Waals surface area contributed by atoms with Crippen LogP contribution in [0.15, 0.2) is 64.8 Å². The van der Waals surface area contributed by atoms with Crippen molar-refractivity contribution in [3.63, 3.8) is 0 Å². The molecule has 2 aromatic carbocycles. The van der Waals surface area contributed by atoms with Gasteiger partial charge in [-0.05, 0) is 44.2 Å². The summed E-state index contributed by atoms with van der Waals surface area (Å²) in [6, 6.07) is 15.0. The van der Waals surface area contributed by atoms with Gasteiger partial charge in [0.15, 0.2) is 4.96 Å². The fourth-order valence-electron chi connectivity index (χ4n) is 3.03. The van der Waals surface area contributed by atoms with Crippen LogP contribution in [0.1, 0.15) is 37.7 Å². The number of thiazole rings is 1. The van der Waals surface area contributed by atoms with Crippen molar-refractivity contribution >= 4 is 33.9 Å². The van der Waals surface area contributed by atoms with E-state index in [1.54, 1.807) is 36.4 Å². The zero-order valence-corrected chi connectivity index (χ0v) is 17.7. The minimum absolute atomic E-state index is 0.124. The average Bonchev–Trinajstić information content (AvgIpc) is 3.14. The maximum atomic E-state index is 12.5. The highest BCUT2D eigenvalue weighted by Crippen LogP contribution is 2.15. The molecule has 2 aromatic heterocycles. The third-order valence-corrected chi connectivity index (χ3v) is 5.59. The molecule has 156 valence electrons. The molecule has 0 atom stereocenters. The standard InChI is InChI=1S/C23H19N3O4S/c1-14-6-8-16(9-7-14)21(28)24-18-5-3-4-17(10-18)22(29)30-12-19-11-20(27)26-15(2)13-31-23(26)25-19/h3-11,13H,12H2,1-2H3,(H,24,28). The minimum Gasteiger partial charge on any atom is -0.456 e. The van der Waals surface area contributed by atoms with Crippen molar-refractivity contribution in [3.05, 3.63) is 98.4 Å². The summed E-state index contributed by atoms with van der Waals surface area (Å²) in [5.74, 6) is -0.842. The van der Waals surface area contributed by atoms with Gasteiger partial charge in [-0.2, -0.15) is 0 Å². The first-order valence-electron chi connectivity index (χ1n) is 9.53. The highest BCUT2D eigenvalue weighted by atomic mass is 32.1. The predicted octanol–water partition coefficient (Wildman–Crippen LogP) is 3.98. The van der Waals surface area contributed by atoms with E-state index in [4.69, 9.17) is 4.74 Å². The fraction of sp³-hybridized carbons (Fsp3) is 0.130. The summed E-state index contributed by atoms with van der Waals surface area (Å²) in [5.41, 5.74) is 3.32. The number of hydrogen-bond acceptors (Lipinski definition) is 6. The number of benzene rings is 2. The van der Waals surface area contributed by atoms with Crippen molar-refractivity contribution in [3.8, 4) is 0 Å². The Balaban J connectivity index is 1.44. The fourth-order valence-corrected chi connectivity index (χ4v) is 3.92. The van der Waals surface area contributed by atoms with Gasteiger partial charge in [0.05, 0.1) is 11.3 Å². The molecule has 0 saturated carbocycles. The number of ether oxygens (including phenoxy) is 1. The third kappa shape index (κ3) is 4.54. The first-order chi connectivity index (χ1) is 14.9. The number of anilines is 1. The van der Waals surface area contributed by atoms with E-state index >= 15 is 0 Å². The van der Waals surface area contributed by atoms with E-state index in [1.807, 2.05) is 31.4 Å². The lowest BCUT2D eigenvalue weighted by Crippen LogP contribution is -2.16. The van der Waals surface area contributed by atoms with Crippen LogP contribution in [0.2, 0.25) is 0 Å². The molecule has 0 saturated heterocycles. The zero-order chi connectivity index (χ0) is 22.0. The number of aromatic nitrogens is 2. The highest BCUT2D eigenvalue weighted by molar-refractivity contribution is 7.15. The topological polar surface area (TPSA) is 89.8 Å². The Labute approximate surface area is 182 Å². The summed E-state index contributed by atoms with van der Waals surface area (Å²) < 4.78 is 6.84. The van der Waals surface area contributed by atoms with Gasteiger partial charge in [-0.25, -0.2) is 9.78 Å². The first kappa shape index (κ1) is 20.5. The van der Waals surface area contributed by atoms with E-state index in [9.17, 15) is 14.4 Å². The van der Waals surface area contributed by atoms with E-state index in [0.717, 1.165) is 11.3 Å². The average molecular weight is 433 g/mol. The lowest BCUT2D eigenvalue weighted by Gasteiger charge is -2.08. The van der Waals surface area contributed by atoms with Gasteiger partial charge in [0.25, 0.3) is 11.5 Å². The summed E-state index contributed by atoms with van der Waals surface area (Å²) in [6.07, 6.45) is 0. The molecule has 1 amide bonds. The monoisotopic (exact) mass is 433 g/mol. The molecule has 0 aliphatic carbocycles. The molecule has 4 aromatic rings. The van der Waals surface area contributed by atoms with E-state index in [2.05, 4.69) is 10.3 Å². The largest absolute Gasteiger partial charge is 0.456 e. The minimum atomic E-state index is -0.573. The molecule has 0 unspecified atom stereocenters. The van der Waals surface area contributed by atoms with Crippen LogP contribution >= 0.6 is 11.3 Å². The summed E-state index contributed by atoms with van der Waals surface area (Å²) >= 11 is 1.35. The molecule has 0 radical (unpaired) electrons. The van der Waals surface area contributed by atoms with Crippen LogP contribution in [0.4, 0.5) is 5.69 Å². The molecule has 4 rings (SSSR count). The Morgan fingerprint density at radius 2 is 1.84 bits per heavy atom. The molecule has 0 aliphatic rings. The van der Waals surface area contributed by atoms with Crippen LogP contribution in [0.25, 0.3) is 4.96 Å². The van der Waals surface area contributed by atoms with Gasteiger partial charge in [-0.3, -0.25) is 14.0 Å². The lowest BCUT2D eigenvalue weighted by atomic mass is 10.1. The summed E-state index contributed by atoms with van der Waals surface area (Å²) in [6.45, 7) is 3.65. The van der Waals surface area contributed by atoms with Gasteiger partial charge in [0.1, 0.15) is 6.61 Å². The number of hydrogen-bond donors (Lipinski definition) is 1. The highest BCUT2D eigenvalue weighted by Gasteiger charge is 2.12. The molecule has 0 bridgehead atoms. The predicted molar refractivity (Wildman–Crippen MR) is 119 cm³/mol. The number of carbonyl (C=O) groups excluding carboxylic acids is 2. The summed E-state index contributed by atoms with van der Waals surface area (Å²) in [5, 5.41) is 4.62. The van der Waals surface area contributed by atoms with Crippen molar-refractivity contribution in [2.24, 2.45) is 0 Å². The van der Waals surface area contributed by atoms with Gasteiger partial charge in [0.2, 0.25) is 0 Å². The number of nitrogens with one attached hydrogen (secondary N) is 1. The number of nitrogens with zero attached hydrogens (tertiary/aromatic N) is 2. The van der Waals surface area contributed by atoms with Crippen molar-refractivity contribution in [1.82, 2.24) is 9.38 Å². The molecule has 2 heterocycles. The number of rotatable bonds is 5. The van der Waals surface area contributed by atoms with E-state index in [0.29, 0.717) is 21.9 Å². The Kier molecular flexibility index (Phi) is 5.64. The quantitative estimate of drug-likeness (QED) is 0.481. The van der Waals surface area contributed by atoms with Gasteiger partial charge in [-0.15, -0.1) is 11.3 Å². The van der Waals surface area contributed by atoms with Crippen LogP contribution in [0.3, 0.4) is 0 Å². The van der Waals surface area contributed by atoms with Gasteiger partial charge in [0, 0.05) is 28.4 Å². The second kappa shape index (κ2) is 8.53. The van der Waals surface area contributed by atoms with E-state index in [-0.39, 0.29) is 23.6 Å². The van der Waals surface area contributed by atoms with Crippen LogP contribution in [-0.2, 0) is 11.3 Å². The molecular formula is C23H19N3O4S. The molecule has 7 nitrogen and oxygen atoms in total. The molecule has 0 spiro atoms. The molecule has 1 N–H and O–H groups in total.